The Hall–Kier alpha value is -0.770. The Morgan fingerprint density at radius 2 is 1.55 bits per heavy atom. The fourth-order valence-corrected chi connectivity index (χ4v) is 2.00. The molecule has 8 heteroatoms. The van der Waals surface area contributed by atoms with E-state index in [1.807, 2.05) is 0 Å². The van der Waals surface area contributed by atoms with Crippen LogP contribution in [-0.2, 0) is 19.0 Å². The molecule has 0 aromatic carbocycles. The van der Waals surface area contributed by atoms with Gasteiger partial charge >= 0.3 is 5.97 Å². The number of methoxy groups -OCH3 is 1. The molecule has 118 valence electrons. The molecule has 20 heavy (non-hydrogen) atoms. The number of aliphatic hydroxyl groups excluding tert-OH is 4. The van der Waals surface area contributed by atoms with Crippen LogP contribution in [0.1, 0.15) is 13.8 Å². The lowest BCUT2D eigenvalue weighted by molar-refractivity contribution is -0.255. The van der Waals surface area contributed by atoms with E-state index in [0.717, 1.165) is 0 Å². The average Bonchev–Trinajstić information content (AvgIpc) is 2.40. The highest BCUT2D eigenvalue weighted by atomic mass is 16.7. The maximum atomic E-state index is 11.2. The monoisotopic (exact) mass is 294 g/mol. The van der Waals surface area contributed by atoms with Crippen molar-refractivity contribution in [3.05, 3.63) is 0 Å². The Bertz CT molecular complexity index is 321. The summed E-state index contributed by atoms with van der Waals surface area (Å²) in [5.41, 5.74) is 0. The first-order valence-corrected chi connectivity index (χ1v) is 6.34. The maximum absolute atomic E-state index is 11.2. The lowest BCUT2D eigenvalue weighted by atomic mass is 9.85. The van der Waals surface area contributed by atoms with E-state index in [4.69, 9.17) is 14.2 Å². The molecule has 0 spiro atoms. The van der Waals surface area contributed by atoms with Gasteiger partial charge in [0.25, 0.3) is 0 Å². The molecule has 0 radical (unpaired) electrons. The van der Waals surface area contributed by atoms with Crippen LogP contribution in [0.4, 0.5) is 0 Å². The normalized spacial score (nSPS) is 38.0. The number of hydrogen-bond donors (Lipinski definition) is 4. The smallest absolute Gasteiger partial charge is 0.310 e. The van der Waals surface area contributed by atoms with Crippen molar-refractivity contribution >= 4 is 5.97 Å². The van der Waals surface area contributed by atoms with Crippen LogP contribution in [0.2, 0.25) is 0 Å². The van der Waals surface area contributed by atoms with Gasteiger partial charge in [0.15, 0.2) is 6.79 Å². The molecule has 0 saturated heterocycles. The molecule has 4 N–H and O–H groups in total. The molecular weight excluding hydrogens is 272 g/mol. The molecular formula is C12H22O8. The predicted octanol–water partition coefficient (Wildman–Crippen LogP) is -2.00. The predicted molar refractivity (Wildman–Crippen MR) is 65.5 cm³/mol. The number of esters is 1. The van der Waals surface area contributed by atoms with Crippen molar-refractivity contribution in [1.82, 2.24) is 0 Å². The van der Waals surface area contributed by atoms with Gasteiger partial charge in [-0.05, 0) is 0 Å². The van der Waals surface area contributed by atoms with Crippen molar-refractivity contribution in [3.8, 4) is 0 Å². The molecule has 0 bridgehead atoms. The largest absolute Gasteiger partial charge is 0.438 e. The second-order valence-corrected chi connectivity index (χ2v) is 5.03. The van der Waals surface area contributed by atoms with E-state index in [1.165, 1.54) is 7.11 Å². The summed E-state index contributed by atoms with van der Waals surface area (Å²) in [6.07, 6.45) is -8.22. The maximum Gasteiger partial charge on any atom is 0.310 e. The van der Waals surface area contributed by atoms with Crippen LogP contribution in [0.25, 0.3) is 0 Å². The number of ether oxygens (including phenoxy) is 3. The third-order valence-electron chi connectivity index (χ3n) is 3.25. The molecule has 1 fully saturated rings. The van der Waals surface area contributed by atoms with Crippen LogP contribution < -0.4 is 0 Å². The molecule has 0 heterocycles. The van der Waals surface area contributed by atoms with Crippen molar-refractivity contribution in [2.45, 2.75) is 50.5 Å². The molecule has 0 aromatic heterocycles. The molecule has 0 amide bonds. The van der Waals surface area contributed by atoms with Crippen molar-refractivity contribution < 1.29 is 39.4 Å². The van der Waals surface area contributed by atoms with Crippen molar-refractivity contribution in [2.75, 3.05) is 13.9 Å². The summed E-state index contributed by atoms with van der Waals surface area (Å²) in [4.78, 5) is 11.2. The average molecular weight is 294 g/mol. The first-order valence-electron chi connectivity index (χ1n) is 6.34. The van der Waals surface area contributed by atoms with E-state index >= 15 is 0 Å². The standard InChI is InChI=1S/C12H22O8/c1-5(2)12(17)20-4-19-11-8(15)6(13)7(14)10(18-3)9(11)16/h5-11,13-16H,4H2,1-3H3. The Morgan fingerprint density at radius 3 is 2.05 bits per heavy atom. The summed E-state index contributed by atoms with van der Waals surface area (Å²) < 4.78 is 14.7. The Labute approximate surface area is 116 Å². The summed E-state index contributed by atoms with van der Waals surface area (Å²) in [5, 5.41) is 39.0. The van der Waals surface area contributed by atoms with E-state index in [-0.39, 0.29) is 5.92 Å². The molecule has 1 aliphatic carbocycles. The quantitative estimate of drug-likeness (QED) is 0.339. The summed E-state index contributed by atoms with van der Waals surface area (Å²) in [7, 11) is 1.25. The minimum Gasteiger partial charge on any atom is -0.438 e. The number of carbonyl (C=O) groups excluding carboxylic acids is 1. The van der Waals surface area contributed by atoms with Gasteiger partial charge in [0, 0.05) is 7.11 Å². The summed E-state index contributed by atoms with van der Waals surface area (Å²) in [6, 6.07) is 0. The highest BCUT2D eigenvalue weighted by molar-refractivity contribution is 5.71. The second kappa shape index (κ2) is 7.30. The van der Waals surface area contributed by atoms with E-state index in [9.17, 15) is 25.2 Å². The van der Waals surface area contributed by atoms with Crippen LogP contribution in [0.15, 0.2) is 0 Å². The number of hydrogen-bond acceptors (Lipinski definition) is 8. The Kier molecular flexibility index (Phi) is 6.31. The lowest BCUT2D eigenvalue weighted by Crippen LogP contribution is -2.64. The lowest BCUT2D eigenvalue weighted by Gasteiger charge is -2.42. The number of aliphatic hydroxyl groups is 4. The molecule has 8 nitrogen and oxygen atoms in total. The Balaban J connectivity index is 2.60. The van der Waals surface area contributed by atoms with E-state index in [0.29, 0.717) is 0 Å². The van der Waals surface area contributed by atoms with Crippen LogP contribution in [0.5, 0.6) is 0 Å². The van der Waals surface area contributed by atoms with Gasteiger partial charge in [-0.3, -0.25) is 4.79 Å². The van der Waals surface area contributed by atoms with E-state index < -0.39 is 49.4 Å². The van der Waals surface area contributed by atoms with Gasteiger partial charge < -0.3 is 34.6 Å². The number of carbonyl (C=O) groups is 1. The van der Waals surface area contributed by atoms with Gasteiger partial charge in [0.05, 0.1) is 5.92 Å². The first-order chi connectivity index (χ1) is 9.31. The van der Waals surface area contributed by atoms with Gasteiger partial charge in [0.1, 0.15) is 36.6 Å². The minimum absolute atomic E-state index is 0.334. The molecule has 6 atom stereocenters. The van der Waals surface area contributed by atoms with Gasteiger partial charge in [0.2, 0.25) is 0 Å². The van der Waals surface area contributed by atoms with E-state index in [2.05, 4.69) is 0 Å². The summed E-state index contributed by atoms with van der Waals surface area (Å²) in [6.45, 7) is 2.82. The minimum atomic E-state index is -1.53. The Morgan fingerprint density at radius 1 is 1.00 bits per heavy atom. The zero-order valence-electron chi connectivity index (χ0n) is 11.7. The molecule has 1 saturated carbocycles. The first kappa shape index (κ1) is 17.3. The zero-order chi connectivity index (χ0) is 15.4. The summed E-state index contributed by atoms with van der Waals surface area (Å²) >= 11 is 0. The molecule has 0 aliphatic heterocycles. The summed E-state index contributed by atoms with van der Waals surface area (Å²) in [5.74, 6) is -0.826. The SMILES string of the molecule is COC1C(O)C(O)C(O)C(OCOC(=O)C(C)C)C1O. The van der Waals surface area contributed by atoms with Gasteiger partial charge in [-0.25, -0.2) is 0 Å². The molecule has 1 rings (SSSR count). The van der Waals surface area contributed by atoms with Gasteiger partial charge in [-0.1, -0.05) is 13.8 Å². The molecule has 6 unspecified atom stereocenters. The van der Waals surface area contributed by atoms with Gasteiger partial charge in [-0.2, -0.15) is 0 Å². The van der Waals surface area contributed by atoms with Gasteiger partial charge in [-0.15, -0.1) is 0 Å². The van der Waals surface area contributed by atoms with Crippen LogP contribution in [-0.4, -0.2) is 76.9 Å². The van der Waals surface area contributed by atoms with Crippen molar-refractivity contribution in [2.24, 2.45) is 5.92 Å². The van der Waals surface area contributed by atoms with Crippen molar-refractivity contribution in [3.63, 3.8) is 0 Å². The third-order valence-corrected chi connectivity index (χ3v) is 3.25. The van der Waals surface area contributed by atoms with Crippen LogP contribution in [0.3, 0.4) is 0 Å². The topological polar surface area (TPSA) is 126 Å². The zero-order valence-corrected chi connectivity index (χ0v) is 11.7. The molecule has 0 aromatic rings. The van der Waals surface area contributed by atoms with E-state index in [1.54, 1.807) is 13.8 Å². The van der Waals surface area contributed by atoms with Crippen LogP contribution >= 0.6 is 0 Å². The number of rotatable bonds is 5. The fourth-order valence-electron chi connectivity index (χ4n) is 2.00. The second-order valence-electron chi connectivity index (χ2n) is 5.03. The molecule has 1 aliphatic rings. The fraction of sp³-hybridized carbons (Fsp3) is 0.917. The third kappa shape index (κ3) is 3.66. The highest BCUT2D eigenvalue weighted by Crippen LogP contribution is 2.25. The highest BCUT2D eigenvalue weighted by Gasteiger charge is 2.49. The van der Waals surface area contributed by atoms with Crippen LogP contribution in [0, 0.1) is 5.92 Å². The van der Waals surface area contributed by atoms with Crippen molar-refractivity contribution in [1.29, 1.82) is 0 Å².